The van der Waals surface area contributed by atoms with Gasteiger partial charge in [0.15, 0.2) is 6.79 Å². The van der Waals surface area contributed by atoms with E-state index in [0.29, 0.717) is 13.2 Å². The van der Waals surface area contributed by atoms with Crippen LogP contribution in [-0.4, -0.2) is 32.1 Å². The molecule has 0 amide bonds. The number of benzene rings is 1. The fraction of sp³-hybridized carbons (Fsp3) is 0.552. The molecule has 0 aliphatic heterocycles. The summed E-state index contributed by atoms with van der Waals surface area (Å²) in [4.78, 5) is 4.58. The number of aryl methyl sites for hydroxylation is 1. The van der Waals surface area contributed by atoms with Gasteiger partial charge in [0.1, 0.15) is 5.75 Å². The van der Waals surface area contributed by atoms with Crippen LogP contribution in [0.3, 0.4) is 0 Å². The molecular weight excluding hydrogens is 410 g/mol. The van der Waals surface area contributed by atoms with E-state index in [2.05, 4.69) is 55.2 Å². The second-order valence-corrected chi connectivity index (χ2v) is 10.7. The maximum absolute atomic E-state index is 6.23. The minimum atomic E-state index is 0.259. The minimum Gasteiger partial charge on any atom is -0.467 e. The first-order chi connectivity index (χ1) is 16.0. The highest BCUT2D eigenvalue weighted by atomic mass is 16.7. The van der Waals surface area contributed by atoms with Crippen LogP contribution in [0.2, 0.25) is 0 Å². The molecule has 6 rings (SSSR count). The summed E-state index contributed by atoms with van der Waals surface area (Å²) in [5, 5.41) is 0. The predicted octanol–water partition coefficient (Wildman–Crippen LogP) is 6.42. The molecule has 0 unspecified atom stereocenters. The maximum atomic E-state index is 6.23. The fourth-order valence-corrected chi connectivity index (χ4v) is 6.93. The number of aromatic nitrogens is 1. The Hall–Kier alpha value is -2.17. The highest BCUT2D eigenvalue weighted by molar-refractivity contribution is 5.80. The zero-order valence-corrected chi connectivity index (χ0v) is 20.3. The van der Waals surface area contributed by atoms with E-state index in [1.54, 1.807) is 7.11 Å². The van der Waals surface area contributed by atoms with Crippen LogP contribution in [0.25, 0.3) is 11.6 Å². The minimum absolute atomic E-state index is 0.259. The molecule has 4 aliphatic carbocycles. The van der Waals surface area contributed by atoms with Crippen molar-refractivity contribution >= 4 is 11.6 Å². The second-order valence-electron chi connectivity index (χ2n) is 10.7. The van der Waals surface area contributed by atoms with Gasteiger partial charge < -0.3 is 14.2 Å². The molecule has 0 saturated heterocycles. The van der Waals surface area contributed by atoms with Crippen LogP contribution in [0.4, 0.5) is 0 Å². The summed E-state index contributed by atoms with van der Waals surface area (Å²) in [6.07, 6.45) is 12.4. The zero-order valence-electron chi connectivity index (χ0n) is 20.3. The van der Waals surface area contributed by atoms with Gasteiger partial charge in [-0.05, 0) is 117 Å². The highest BCUT2D eigenvalue weighted by Crippen LogP contribution is 2.62. The molecule has 2 aromatic rings. The highest BCUT2D eigenvalue weighted by Gasteiger charge is 2.52. The van der Waals surface area contributed by atoms with Crippen LogP contribution in [-0.2, 0) is 14.9 Å². The lowest BCUT2D eigenvalue weighted by Gasteiger charge is -2.57. The van der Waals surface area contributed by atoms with Gasteiger partial charge in [0, 0.05) is 18.9 Å². The average Bonchev–Trinajstić information content (AvgIpc) is 2.79. The summed E-state index contributed by atoms with van der Waals surface area (Å²) < 4.78 is 17.0. The van der Waals surface area contributed by atoms with E-state index in [1.165, 1.54) is 60.8 Å². The van der Waals surface area contributed by atoms with E-state index in [1.807, 2.05) is 6.20 Å². The van der Waals surface area contributed by atoms with Gasteiger partial charge in [-0.25, -0.2) is 0 Å². The molecule has 0 spiro atoms. The van der Waals surface area contributed by atoms with Gasteiger partial charge in [-0.2, -0.15) is 0 Å². The smallest absolute Gasteiger partial charge is 0.189 e. The molecule has 4 heteroatoms. The Morgan fingerprint density at radius 2 is 1.76 bits per heavy atom. The van der Waals surface area contributed by atoms with Crippen molar-refractivity contribution in [2.24, 2.45) is 17.8 Å². The van der Waals surface area contributed by atoms with Crippen molar-refractivity contribution in [1.29, 1.82) is 0 Å². The summed E-state index contributed by atoms with van der Waals surface area (Å²) in [5.74, 6) is 3.66. The molecule has 1 heterocycles. The van der Waals surface area contributed by atoms with Crippen LogP contribution in [0.5, 0.6) is 5.75 Å². The van der Waals surface area contributed by atoms with Crippen molar-refractivity contribution in [3.05, 3.63) is 58.9 Å². The van der Waals surface area contributed by atoms with E-state index in [4.69, 9.17) is 14.2 Å². The van der Waals surface area contributed by atoms with Gasteiger partial charge in [0.25, 0.3) is 0 Å². The summed E-state index contributed by atoms with van der Waals surface area (Å²) in [6.45, 7) is 5.66. The number of methoxy groups -OCH3 is 1. The number of ether oxygens (including phenoxy) is 3. The first kappa shape index (κ1) is 22.6. The number of nitrogens with zero attached hydrogens (tertiary/aromatic N) is 1. The SMILES string of the molecule is COCCOCOc1ccc(C(C)=Cc2ccc(C)cn2)cc1C12CC3CC(CC(C3)C1)C2. The van der Waals surface area contributed by atoms with Crippen LogP contribution in [0.1, 0.15) is 67.8 Å². The Morgan fingerprint density at radius 3 is 2.39 bits per heavy atom. The van der Waals surface area contributed by atoms with E-state index < -0.39 is 0 Å². The average molecular weight is 448 g/mol. The van der Waals surface area contributed by atoms with Crippen molar-refractivity contribution in [1.82, 2.24) is 4.98 Å². The van der Waals surface area contributed by atoms with E-state index in [9.17, 15) is 0 Å². The van der Waals surface area contributed by atoms with E-state index in [0.717, 1.165) is 29.2 Å². The third-order valence-corrected chi connectivity index (χ3v) is 8.07. The molecule has 4 bridgehead atoms. The van der Waals surface area contributed by atoms with Crippen LogP contribution < -0.4 is 4.74 Å². The lowest BCUT2D eigenvalue weighted by molar-refractivity contribution is -0.0189. The summed E-state index contributed by atoms with van der Waals surface area (Å²) in [5.41, 5.74) is 6.34. The number of pyridine rings is 1. The third kappa shape index (κ3) is 4.88. The molecular formula is C29H37NO3. The Balaban J connectivity index is 1.45. The van der Waals surface area contributed by atoms with Crippen LogP contribution in [0.15, 0.2) is 36.5 Å². The van der Waals surface area contributed by atoms with Crippen LogP contribution >= 0.6 is 0 Å². The standard InChI is InChI=1S/C29H37NO3/c1-20-4-6-26(30-18-20)10-21(2)25-5-7-28(33-19-32-9-8-31-3)27(14-25)29-15-22-11-23(16-29)13-24(12-22)17-29/h4-7,10,14,18,22-24H,8-9,11-13,15-17,19H2,1-3H3. The molecule has 1 aromatic carbocycles. The molecule has 0 radical (unpaired) electrons. The van der Waals surface area contributed by atoms with Crippen molar-refractivity contribution in [3.63, 3.8) is 0 Å². The zero-order chi connectivity index (χ0) is 22.8. The maximum Gasteiger partial charge on any atom is 0.189 e. The van der Waals surface area contributed by atoms with Crippen LogP contribution in [0, 0.1) is 24.7 Å². The molecule has 176 valence electrons. The van der Waals surface area contributed by atoms with E-state index >= 15 is 0 Å². The number of hydrogen-bond donors (Lipinski definition) is 0. The topological polar surface area (TPSA) is 40.6 Å². The Bertz CT molecular complexity index is 959. The van der Waals surface area contributed by atoms with Gasteiger partial charge in [-0.15, -0.1) is 0 Å². The lowest BCUT2D eigenvalue weighted by Crippen LogP contribution is -2.48. The fourth-order valence-electron chi connectivity index (χ4n) is 6.93. The molecule has 0 N–H and O–H groups in total. The number of hydrogen-bond acceptors (Lipinski definition) is 4. The predicted molar refractivity (Wildman–Crippen MR) is 132 cm³/mol. The van der Waals surface area contributed by atoms with Gasteiger partial charge in [0.05, 0.1) is 18.9 Å². The Kier molecular flexibility index (Phi) is 6.58. The molecule has 0 atom stereocenters. The molecule has 1 aromatic heterocycles. The third-order valence-electron chi connectivity index (χ3n) is 8.07. The van der Waals surface area contributed by atoms with Crippen molar-refractivity contribution < 1.29 is 14.2 Å². The Morgan fingerprint density at radius 1 is 1.03 bits per heavy atom. The van der Waals surface area contributed by atoms with Gasteiger partial charge in [-0.3, -0.25) is 4.98 Å². The van der Waals surface area contributed by atoms with E-state index in [-0.39, 0.29) is 12.2 Å². The molecule has 4 nitrogen and oxygen atoms in total. The second kappa shape index (κ2) is 9.60. The normalized spacial score (nSPS) is 28.3. The summed E-state index contributed by atoms with van der Waals surface area (Å²) >= 11 is 0. The van der Waals surface area contributed by atoms with Crippen molar-refractivity contribution in [2.75, 3.05) is 27.1 Å². The molecule has 4 saturated carbocycles. The molecule has 4 aliphatic rings. The molecule has 4 fully saturated rings. The quantitative estimate of drug-likeness (QED) is 0.329. The monoisotopic (exact) mass is 447 g/mol. The number of allylic oxidation sites excluding steroid dienone is 1. The first-order valence-corrected chi connectivity index (χ1v) is 12.5. The van der Waals surface area contributed by atoms with Crippen molar-refractivity contribution in [2.45, 2.75) is 57.8 Å². The van der Waals surface area contributed by atoms with Gasteiger partial charge >= 0.3 is 0 Å². The summed E-state index contributed by atoms with van der Waals surface area (Å²) in [6, 6.07) is 11.0. The lowest BCUT2D eigenvalue weighted by atomic mass is 9.48. The largest absolute Gasteiger partial charge is 0.467 e. The van der Waals surface area contributed by atoms with Gasteiger partial charge in [-0.1, -0.05) is 12.1 Å². The summed E-state index contributed by atoms with van der Waals surface area (Å²) in [7, 11) is 1.69. The first-order valence-electron chi connectivity index (χ1n) is 12.5. The molecule has 33 heavy (non-hydrogen) atoms. The number of rotatable bonds is 9. The van der Waals surface area contributed by atoms with Crippen molar-refractivity contribution in [3.8, 4) is 5.75 Å². The van der Waals surface area contributed by atoms with Gasteiger partial charge in [0.2, 0.25) is 0 Å². The Labute approximate surface area is 198 Å².